The molecule has 1 aromatic carbocycles. The molecule has 0 saturated carbocycles. The van der Waals surface area contributed by atoms with Crippen molar-refractivity contribution in [1.82, 2.24) is 5.32 Å². The fourth-order valence-electron chi connectivity index (χ4n) is 1.63. The topological polar surface area (TPSA) is 68.9 Å². The van der Waals surface area contributed by atoms with Crippen LogP contribution in [0.15, 0.2) is 27.7 Å². The number of ether oxygens (including phenoxy) is 2. The van der Waals surface area contributed by atoms with E-state index in [0.29, 0.717) is 12.5 Å². The Kier molecular flexibility index (Phi) is 8.06. The fraction of sp³-hybridized carbons (Fsp3) is 0.500. The summed E-state index contributed by atoms with van der Waals surface area (Å²) < 4.78 is 11.5. The number of hydrogen-bond donors (Lipinski definition) is 2. The van der Waals surface area contributed by atoms with E-state index in [9.17, 15) is 0 Å². The van der Waals surface area contributed by atoms with E-state index in [1.807, 2.05) is 25.1 Å². The lowest BCUT2D eigenvalue weighted by Crippen LogP contribution is -2.32. The van der Waals surface area contributed by atoms with Gasteiger partial charge in [0.25, 0.3) is 0 Å². The number of nitrogens with one attached hydrogen (secondary N) is 1. The van der Waals surface area contributed by atoms with Crippen LogP contribution in [-0.4, -0.2) is 32.8 Å². The maximum absolute atomic E-state index is 5.81. The number of rotatable bonds is 8. The van der Waals surface area contributed by atoms with Crippen LogP contribution >= 0.6 is 15.9 Å². The third-order valence-corrected chi connectivity index (χ3v) is 3.13. The van der Waals surface area contributed by atoms with Crippen LogP contribution in [0.25, 0.3) is 0 Å². The number of aliphatic imine (C=N–C) groups is 1. The lowest BCUT2D eigenvalue weighted by Gasteiger charge is -2.08. The Hall–Kier alpha value is -1.27. The summed E-state index contributed by atoms with van der Waals surface area (Å²) >= 11 is 3.43. The van der Waals surface area contributed by atoms with Crippen molar-refractivity contribution < 1.29 is 9.47 Å². The van der Waals surface area contributed by atoms with E-state index in [1.165, 1.54) is 0 Å². The van der Waals surface area contributed by atoms with Gasteiger partial charge >= 0.3 is 0 Å². The molecule has 0 fully saturated rings. The molecule has 0 amide bonds. The standard InChI is InChI=1S/C14H22BrN3O2/c1-3-20-8-4-7-17-14(16)18-10-11-9-12(15)5-6-13(11)19-2/h5-6,9H,3-4,7-8,10H2,1-2H3,(H3,16,17,18). The van der Waals surface area contributed by atoms with E-state index in [-0.39, 0.29) is 0 Å². The summed E-state index contributed by atoms with van der Waals surface area (Å²) in [5.41, 5.74) is 6.80. The SMILES string of the molecule is CCOCCCNC(N)=NCc1cc(Br)ccc1OC. The van der Waals surface area contributed by atoms with Crippen molar-refractivity contribution in [2.75, 3.05) is 26.9 Å². The highest BCUT2D eigenvalue weighted by atomic mass is 79.9. The molecule has 0 bridgehead atoms. The number of halogens is 1. The van der Waals surface area contributed by atoms with Gasteiger partial charge < -0.3 is 20.5 Å². The van der Waals surface area contributed by atoms with Crippen molar-refractivity contribution in [3.05, 3.63) is 28.2 Å². The zero-order valence-electron chi connectivity index (χ0n) is 12.0. The van der Waals surface area contributed by atoms with E-state index >= 15 is 0 Å². The van der Waals surface area contributed by atoms with Gasteiger partial charge in [0.1, 0.15) is 5.75 Å². The third kappa shape index (κ3) is 6.25. The second kappa shape index (κ2) is 9.61. The first-order valence-electron chi connectivity index (χ1n) is 6.61. The van der Waals surface area contributed by atoms with Crippen LogP contribution in [0, 0.1) is 0 Å². The maximum Gasteiger partial charge on any atom is 0.188 e. The summed E-state index contributed by atoms with van der Waals surface area (Å²) in [7, 11) is 1.64. The van der Waals surface area contributed by atoms with Gasteiger partial charge in [0.05, 0.1) is 13.7 Å². The molecule has 0 saturated heterocycles. The zero-order chi connectivity index (χ0) is 14.8. The molecule has 0 radical (unpaired) electrons. The second-order valence-corrected chi connectivity index (χ2v) is 5.05. The molecule has 0 atom stereocenters. The Morgan fingerprint density at radius 3 is 2.95 bits per heavy atom. The number of benzene rings is 1. The van der Waals surface area contributed by atoms with E-state index in [1.54, 1.807) is 7.11 Å². The van der Waals surface area contributed by atoms with Crippen molar-refractivity contribution in [3.8, 4) is 5.75 Å². The Morgan fingerprint density at radius 1 is 1.45 bits per heavy atom. The van der Waals surface area contributed by atoms with Gasteiger partial charge in [0.2, 0.25) is 0 Å². The number of nitrogens with zero attached hydrogens (tertiary/aromatic N) is 1. The highest BCUT2D eigenvalue weighted by Crippen LogP contribution is 2.23. The lowest BCUT2D eigenvalue weighted by atomic mass is 10.2. The number of guanidine groups is 1. The molecule has 6 heteroatoms. The number of hydrogen-bond acceptors (Lipinski definition) is 3. The predicted octanol–water partition coefficient (Wildman–Crippen LogP) is 2.29. The third-order valence-electron chi connectivity index (χ3n) is 2.64. The van der Waals surface area contributed by atoms with Crippen molar-refractivity contribution in [1.29, 1.82) is 0 Å². The van der Waals surface area contributed by atoms with Crippen LogP contribution in [0.2, 0.25) is 0 Å². The highest BCUT2D eigenvalue weighted by Gasteiger charge is 2.03. The minimum atomic E-state index is 0.434. The second-order valence-electron chi connectivity index (χ2n) is 4.13. The number of nitrogens with two attached hydrogens (primary N) is 1. The average Bonchev–Trinajstić information content (AvgIpc) is 2.45. The monoisotopic (exact) mass is 343 g/mol. The lowest BCUT2D eigenvalue weighted by molar-refractivity contribution is 0.145. The van der Waals surface area contributed by atoms with E-state index in [0.717, 1.165) is 42.0 Å². The van der Waals surface area contributed by atoms with Crippen LogP contribution in [0.5, 0.6) is 5.75 Å². The minimum absolute atomic E-state index is 0.434. The van der Waals surface area contributed by atoms with Crippen LogP contribution in [0.1, 0.15) is 18.9 Å². The van der Waals surface area contributed by atoms with Gasteiger partial charge in [-0.2, -0.15) is 0 Å². The molecule has 0 spiro atoms. The Labute approximate surface area is 128 Å². The fourth-order valence-corrected chi connectivity index (χ4v) is 2.04. The van der Waals surface area contributed by atoms with Crippen molar-refractivity contribution in [2.24, 2.45) is 10.7 Å². The van der Waals surface area contributed by atoms with E-state index < -0.39 is 0 Å². The molecule has 0 unspecified atom stereocenters. The first-order chi connectivity index (χ1) is 9.67. The van der Waals surface area contributed by atoms with Crippen molar-refractivity contribution in [3.63, 3.8) is 0 Å². The van der Waals surface area contributed by atoms with Gasteiger partial charge in [-0.25, -0.2) is 4.99 Å². The van der Waals surface area contributed by atoms with Gasteiger partial charge in [-0.05, 0) is 31.5 Å². The van der Waals surface area contributed by atoms with Crippen molar-refractivity contribution >= 4 is 21.9 Å². The van der Waals surface area contributed by atoms with Gasteiger partial charge in [-0.15, -0.1) is 0 Å². The molecule has 0 aromatic heterocycles. The first kappa shape index (κ1) is 16.8. The van der Waals surface area contributed by atoms with Crippen molar-refractivity contribution in [2.45, 2.75) is 19.9 Å². The number of methoxy groups -OCH3 is 1. The molecule has 20 heavy (non-hydrogen) atoms. The quantitative estimate of drug-likeness (QED) is 0.431. The molecular formula is C14H22BrN3O2. The molecule has 0 aliphatic rings. The van der Waals surface area contributed by atoms with Crippen LogP contribution < -0.4 is 15.8 Å². The maximum atomic E-state index is 5.81. The van der Waals surface area contributed by atoms with Gasteiger partial charge in [0.15, 0.2) is 5.96 Å². The van der Waals surface area contributed by atoms with Crippen LogP contribution in [0.4, 0.5) is 0 Å². The van der Waals surface area contributed by atoms with Crippen LogP contribution in [0.3, 0.4) is 0 Å². The summed E-state index contributed by atoms with van der Waals surface area (Å²) in [6.07, 6.45) is 0.907. The highest BCUT2D eigenvalue weighted by molar-refractivity contribution is 9.10. The summed E-state index contributed by atoms with van der Waals surface area (Å²) in [6, 6.07) is 5.81. The zero-order valence-corrected chi connectivity index (χ0v) is 13.6. The molecule has 0 aliphatic heterocycles. The molecular weight excluding hydrogens is 322 g/mol. The molecule has 3 N–H and O–H groups in total. The molecule has 1 rings (SSSR count). The molecule has 0 heterocycles. The molecule has 0 aliphatic carbocycles. The van der Waals surface area contributed by atoms with E-state index in [4.69, 9.17) is 15.2 Å². The summed E-state index contributed by atoms with van der Waals surface area (Å²) in [5, 5.41) is 3.06. The van der Waals surface area contributed by atoms with Gasteiger partial charge in [0, 0.05) is 29.8 Å². The predicted molar refractivity (Wildman–Crippen MR) is 85.1 cm³/mol. The summed E-state index contributed by atoms with van der Waals surface area (Å²) in [6.45, 7) is 4.69. The normalized spacial score (nSPS) is 11.4. The summed E-state index contributed by atoms with van der Waals surface area (Å²) in [4.78, 5) is 4.30. The Balaban J connectivity index is 2.44. The van der Waals surface area contributed by atoms with Gasteiger partial charge in [-0.3, -0.25) is 0 Å². The minimum Gasteiger partial charge on any atom is -0.496 e. The average molecular weight is 344 g/mol. The van der Waals surface area contributed by atoms with Crippen LogP contribution in [-0.2, 0) is 11.3 Å². The Morgan fingerprint density at radius 2 is 2.25 bits per heavy atom. The van der Waals surface area contributed by atoms with Gasteiger partial charge in [-0.1, -0.05) is 15.9 Å². The molecule has 112 valence electrons. The first-order valence-corrected chi connectivity index (χ1v) is 7.40. The van der Waals surface area contributed by atoms with E-state index in [2.05, 4.69) is 26.2 Å². The summed E-state index contributed by atoms with van der Waals surface area (Å²) in [5.74, 6) is 1.24. The molecule has 5 nitrogen and oxygen atoms in total. The Bertz CT molecular complexity index is 438. The molecule has 1 aromatic rings. The largest absolute Gasteiger partial charge is 0.496 e. The smallest absolute Gasteiger partial charge is 0.188 e.